The van der Waals surface area contributed by atoms with Crippen molar-refractivity contribution in [3.8, 4) is 11.5 Å². The van der Waals surface area contributed by atoms with E-state index in [-0.39, 0.29) is 35.5 Å². The number of hydrogen-bond donors (Lipinski definition) is 1. The van der Waals surface area contributed by atoms with Crippen LogP contribution in [0.3, 0.4) is 0 Å². The van der Waals surface area contributed by atoms with E-state index in [1.54, 1.807) is 6.08 Å². The number of carbonyl (C=O) groups excluding carboxylic acids is 2. The Morgan fingerprint density at radius 1 is 1.23 bits per heavy atom. The fourth-order valence-electron chi connectivity index (χ4n) is 8.92. The Kier molecular flexibility index (Phi) is 7.17. The molecule has 2 heterocycles. The SMILES string of the molecule is CC(=O)Oc1ccc2c3c1O[C@H]1[C@H](N(CC(C)C)C(=O)C=Cc4cccc(C)c4)CC[C@H]4[C@@H](C2)N(CC2CC2O)CC[C@@]341. The van der Waals surface area contributed by atoms with Gasteiger partial charge in [-0.15, -0.1) is 0 Å². The average Bonchev–Trinajstić information content (AvgIpc) is 3.54. The molecule has 3 aliphatic carbocycles. The quantitative estimate of drug-likeness (QED) is 0.270. The summed E-state index contributed by atoms with van der Waals surface area (Å²) in [7, 11) is 0. The van der Waals surface area contributed by atoms with Gasteiger partial charge in [-0.05, 0) is 80.7 Å². The van der Waals surface area contributed by atoms with Crippen molar-refractivity contribution in [2.45, 2.75) is 89.5 Å². The maximum atomic E-state index is 14.0. The number of benzene rings is 2. The van der Waals surface area contributed by atoms with Crippen molar-refractivity contribution in [2.24, 2.45) is 17.8 Å². The minimum Gasteiger partial charge on any atom is -0.483 e. The Balaban J connectivity index is 1.27. The summed E-state index contributed by atoms with van der Waals surface area (Å²) in [6.07, 6.45) is 7.95. The zero-order chi connectivity index (χ0) is 30.0. The monoisotopic (exact) mass is 584 g/mol. The fourth-order valence-corrected chi connectivity index (χ4v) is 8.92. The first-order valence-electron chi connectivity index (χ1n) is 16.1. The molecule has 7 rings (SSSR count). The molecule has 7 nitrogen and oxygen atoms in total. The van der Waals surface area contributed by atoms with Gasteiger partial charge in [-0.1, -0.05) is 49.7 Å². The molecule has 2 aromatic carbocycles. The summed E-state index contributed by atoms with van der Waals surface area (Å²) in [6, 6.07) is 12.5. The van der Waals surface area contributed by atoms with E-state index in [1.807, 2.05) is 24.3 Å². The zero-order valence-corrected chi connectivity index (χ0v) is 25.8. The second-order valence-electron chi connectivity index (χ2n) is 14.1. The van der Waals surface area contributed by atoms with Crippen LogP contribution in [0.5, 0.6) is 11.5 Å². The van der Waals surface area contributed by atoms with Crippen LogP contribution in [-0.2, 0) is 21.4 Å². The van der Waals surface area contributed by atoms with Crippen molar-refractivity contribution >= 4 is 18.0 Å². The number of aliphatic hydroxyl groups excluding tert-OH is 1. The van der Waals surface area contributed by atoms with Crippen LogP contribution in [0, 0.1) is 24.7 Å². The number of piperidine rings is 1. The lowest BCUT2D eigenvalue weighted by Gasteiger charge is -2.60. The molecule has 2 aliphatic heterocycles. The van der Waals surface area contributed by atoms with Crippen molar-refractivity contribution < 1.29 is 24.2 Å². The summed E-state index contributed by atoms with van der Waals surface area (Å²) >= 11 is 0. The van der Waals surface area contributed by atoms with Crippen LogP contribution < -0.4 is 9.47 Å². The smallest absolute Gasteiger partial charge is 0.308 e. The number of likely N-dealkylation sites (tertiary alicyclic amines) is 1. The topological polar surface area (TPSA) is 79.3 Å². The lowest BCUT2D eigenvalue weighted by molar-refractivity contribution is -0.138. The molecule has 1 N–H and O–H groups in total. The summed E-state index contributed by atoms with van der Waals surface area (Å²) in [6.45, 7) is 10.4. The van der Waals surface area contributed by atoms with Gasteiger partial charge in [0.05, 0.1) is 12.1 Å². The molecule has 5 aliphatic rings. The highest BCUT2D eigenvalue weighted by atomic mass is 16.6. The summed E-state index contributed by atoms with van der Waals surface area (Å²) in [5.74, 6) is 1.94. The number of rotatable bonds is 8. The van der Waals surface area contributed by atoms with E-state index in [0.717, 1.165) is 56.3 Å². The Bertz CT molecular complexity index is 1470. The molecule has 2 saturated carbocycles. The molecular weight excluding hydrogens is 540 g/mol. The number of carbonyl (C=O) groups is 2. The Hall–Kier alpha value is -3.16. The van der Waals surface area contributed by atoms with Gasteiger partial charge in [0.25, 0.3) is 0 Å². The number of aryl methyl sites for hydroxylation is 1. The first-order valence-corrected chi connectivity index (χ1v) is 16.1. The molecule has 1 spiro atoms. The largest absolute Gasteiger partial charge is 0.483 e. The van der Waals surface area contributed by atoms with Gasteiger partial charge in [0.2, 0.25) is 5.91 Å². The molecule has 2 bridgehead atoms. The van der Waals surface area contributed by atoms with Crippen molar-refractivity contribution in [3.05, 3.63) is 64.7 Å². The van der Waals surface area contributed by atoms with Gasteiger partial charge < -0.3 is 19.5 Å². The molecule has 1 saturated heterocycles. The Labute approximate surface area is 254 Å². The molecule has 43 heavy (non-hydrogen) atoms. The van der Waals surface area contributed by atoms with Crippen LogP contribution in [0.25, 0.3) is 6.08 Å². The molecule has 7 atom stereocenters. The standard InChI is InChI=1S/C36H44N2O5/c1-21(2)19-38(32(41)13-8-24-7-5-6-22(3)16-24)28-11-10-27-29-17-25-9-12-31(42-23(4)39)34-33(25)36(27,35(28)43-34)14-15-37(29)20-26-18-30(26)40/h5-9,12-13,16,21,26-30,35,40H,10-11,14-15,17-20H2,1-4H3/t26?,27-,28+,29+,30?,35-,36-/m0/s1. The van der Waals surface area contributed by atoms with E-state index in [9.17, 15) is 14.7 Å². The minimum atomic E-state index is -0.357. The van der Waals surface area contributed by atoms with E-state index in [1.165, 1.54) is 18.1 Å². The van der Waals surface area contributed by atoms with Crippen molar-refractivity contribution in [3.63, 3.8) is 0 Å². The molecule has 7 heteroatoms. The molecule has 228 valence electrons. The van der Waals surface area contributed by atoms with Crippen molar-refractivity contribution in [1.82, 2.24) is 9.80 Å². The van der Waals surface area contributed by atoms with Crippen molar-refractivity contribution in [2.75, 3.05) is 19.6 Å². The second-order valence-corrected chi connectivity index (χ2v) is 14.1. The van der Waals surface area contributed by atoms with E-state index >= 15 is 0 Å². The van der Waals surface area contributed by atoms with Crippen LogP contribution in [0.2, 0.25) is 0 Å². The normalized spacial score (nSPS) is 32.0. The molecule has 0 radical (unpaired) electrons. The summed E-state index contributed by atoms with van der Waals surface area (Å²) in [4.78, 5) is 30.9. The zero-order valence-electron chi connectivity index (χ0n) is 25.8. The number of aliphatic hydroxyl groups is 1. The fraction of sp³-hybridized carbons (Fsp3) is 0.556. The third-order valence-electron chi connectivity index (χ3n) is 10.7. The number of nitrogens with zero attached hydrogens (tertiary/aromatic N) is 2. The van der Waals surface area contributed by atoms with Gasteiger partial charge in [0, 0.05) is 49.0 Å². The van der Waals surface area contributed by atoms with Crippen LogP contribution in [0.1, 0.15) is 68.7 Å². The Morgan fingerprint density at radius 2 is 2.05 bits per heavy atom. The van der Waals surface area contributed by atoms with Crippen molar-refractivity contribution in [1.29, 1.82) is 0 Å². The average molecular weight is 585 g/mol. The highest BCUT2D eigenvalue weighted by Crippen LogP contribution is 2.64. The lowest BCUT2D eigenvalue weighted by Crippen LogP contribution is -2.69. The molecule has 3 fully saturated rings. The third-order valence-corrected chi connectivity index (χ3v) is 10.7. The van der Waals surface area contributed by atoms with E-state index in [4.69, 9.17) is 9.47 Å². The summed E-state index contributed by atoms with van der Waals surface area (Å²) < 4.78 is 12.7. The van der Waals surface area contributed by atoms with E-state index in [2.05, 4.69) is 48.8 Å². The maximum absolute atomic E-state index is 14.0. The van der Waals surface area contributed by atoms with Gasteiger partial charge >= 0.3 is 5.97 Å². The van der Waals surface area contributed by atoms with Gasteiger partial charge in [0.1, 0.15) is 6.10 Å². The second kappa shape index (κ2) is 10.8. The molecule has 1 amide bonds. The first kappa shape index (κ1) is 28.6. The van der Waals surface area contributed by atoms with Crippen LogP contribution in [-0.4, -0.2) is 70.7 Å². The lowest BCUT2D eigenvalue weighted by atomic mass is 9.51. The van der Waals surface area contributed by atoms with Gasteiger partial charge in [-0.2, -0.15) is 0 Å². The number of esters is 1. The van der Waals surface area contributed by atoms with E-state index < -0.39 is 0 Å². The predicted molar refractivity (Wildman–Crippen MR) is 165 cm³/mol. The highest BCUT2D eigenvalue weighted by molar-refractivity contribution is 5.92. The molecule has 2 unspecified atom stereocenters. The minimum absolute atomic E-state index is 0.0163. The third kappa shape index (κ3) is 4.89. The van der Waals surface area contributed by atoms with Gasteiger partial charge in [-0.3, -0.25) is 14.5 Å². The van der Waals surface area contributed by atoms with Gasteiger partial charge in [0.15, 0.2) is 11.5 Å². The number of ether oxygens (including phenoxy) is 2. The predicted octanol–water partition coefficient (Wildman–Crippen LogP) is 4.91. The van der Waals surface area contributed by atoms with E-state index in [0.29, 0.717) is 41.8 Å². The van der Waals surface area contributed by atoms with Crippen LogP contribution in [0.15, 0.2) is 42.5 Å². The molecular formula is C36H44N2O5. The van der Waals surface area contributed by atoms with Gasteiger partial charge in [-0.25, -0.2) is 0 Å². The summed E-state index contributed by atoms with van der Waals surface area (Å²) in [5.41, 5.74) is 4.44. The maximum Gasteiger partial charge on any atom is 0.308 e. The highest BCUT2D eigenvalue weighted by Gasteiger charge is 2.67. The number of amides is 1. The molecule has 0 aromatic heterocycles. The summed E-state index contributed by atoms with van der Waals surface area (Å²) in [5, 5.41) is 10.1. The number of hydrogen-bond acceptors (Lipinski definition) is 6. The van der Waals surface area contributed by atoms with Crippen LogP contribution in [0.4, 0.5) is 0 Å². The molecule has 2 aromatic rings. The Morgan fingerprint density at radius 3 is 2.77 bits per heavy atom. The van der Waals surface area contributed by atoms with Crippen LogP contribution >= 0.6 is 0 Å². The first-order chi connectivity index (χ1) is 20.7.